The van der Waals surface area contributed by atoms with Gasteiger partial charge in [-0.3, -0.25) is 18.7 Å². The number of amides is 1. The van der Waals surface area contributed by atoms with E-state index in [1.807, 2.05) is 44.2 Å². The standard InChI is InChI=1S/C22H25N3O3/c1-3-16(2)23-20(26)15-25-19-12-8-7-11-18(19)21(27)24(22(25)28)14-13-17-9-5-4-6-10-17/h4-12,16H,3,13-15H2,1-2H3,(H,23,26). The van der Waals surface area contributed by atoms with Crippen molar-refractivity contribution in [1.29, 1.82) is 0 Å². The maximum absolute atomic E-state index is 13.1. The highest BCUT2D eigenvalue weighted by Crippen LogP contribution is 2.08. The van der Waals surface area contributed by atoms with Crippen LogP contribution < -0.4 is 16.6 Å². The van der Waals surface area contributed by atoms with Gasteiger partial charge in [-0.25, -0.2) is 4.79 Å². The molecule has 3 aromatic rings. The highest BCUT2D eigenvalue weighted by Gasteiger charge is 2.15. The number of fused-ring (bicyclic) bond motifs is 1. The molecule has 28 heavy (non-hydrogen) atoms. The van der Waals surface area contributed by atoms with Crippen molar-refractivity contribution in [1.82, 2.24) is 14.5 Å². The van der Waals surface area contributed by atoms with Crippen LogP contribution in [0.2, 0.25) is 0 Å². The van der Waals surface area contributed by atoms with E-state index in [0.717, 1.165) is 12.0 Å². The maximum Gasteiger partial charge on any atom is 0.331 e. The third kappa shape index (κ3) is 4.22. The van der Waals surface area contributed by atoms with E-state index >= 15 is 0 Å². The Bertz CT molecular complexity index is 1080. The van der Waals surface area contributed by atoms with Crippen LogP contribution in [0.1, 0.15) is 25.8 Å². The quantitative estimate of drug-likeness (QED) is 0.685. The van der Waals surface area contributed by atoms with Gasteiger partial charge in [-0.2, -0.15) is 0 Å². The van der Waals surface area contributed by atoms with Crippen LogP contribution in [0.3, 0.4) is 0 Å². The molecule has 0 spiro atoms. The summed E-state index contributed by atoms with van der Waals surface area (Å²) in [6.45, 7) is 4.05. The molecule has 0 bridgehead atoms. The molecule has 1 unspecified atom stereocenters. The molecular formula is C22H25N3O3. The third-order valence-corrected chi connectivity index (χ3v) is 4.92. The predicted octanol–water partition coefficient (Wildman–Crippen LogP) is 2.32. The van der Waals surface area contributed by atoms with Gasteiger partial charge in [-0.15, -0.1) is 0 Å². The van der Waals surface area contributed by atoms with Gasteiger partial charge in [0.1, 0.15) is 6.54 Å². The zero-order valence-corrected chi connectivity index (χ0v) is 16.2. The van der Waals surface area contributed by atoms with Gasteiger partial charge < -0.3 is 5.32 Å². The molecule has 1 aromatic heterocycles. The SMILES string of the molecule is CCC(C)NC(=O)Cn1c(=O)n(CCc2ccccc2)c(=O)c2ccccc21. The summed E-state index contributed by atoms with van der Waals surface area (Å²) in [7, 11) is 0. The van der Waals surface area contributed by atoms with Gasteiger partial charge in [-0.05, 0) is 37.5 Å². The van der Waals surface area contributed by atoms with Gasteiger partial charge in [0.05, 0.1) is 10.9 Å². The number of carbonyl (C=O) groups excluding carboxylic acids is 1. The van der Waals surface area contributed by atoms with E-state index in [1.165, 1.54) is 9.13 Å². The van der Waals surface area contributed by atoms with E-state index in [2.05, 4.69) is 5.32 Å². The number of hydrogen-bond acceptors (Lipinski definition) is 3. The molecule has 1 N–H and O–H groups in total. The molecule has 1 atom stereocenters. The number of aromatic nitrogens is 2. The van der Waals surface area contributed by atoms with E-state index in [9.17, 15) is 14.4 Å². The number of carbonyl (C=O) groups is 1. The van der Waals surface area contributed by atoms with E-state index in [0.29, 0.717) is 17.3 Å². The first-order valence-electron chi connectivity index (χ1n) is 9.57. The van der Waals surface area contributed by atoms with Gasteiger partial charge in [0.15, 0.2) is 0 Å². The zero-order chi connectivity index (χ0) is 20.1. The van der Waals surface area contributed by atoms with Crippen LogP contribution in [0.15, 0.2) is 64.2 Å². The van der Waals surface area contributed by atoms with Crippen molar-refractivity contribution in [2.75, 3.05) is 0 Å². The number of rotatable bonds is 7. The van der Waals surface area contributed by atoms with Crippen LogP contribution in [0, 0.1) is 0 Å². The summed E-state index contributed by atoms with van der Waals surface area (Å²) in [6.07, 6.45) is 1.37. The number of para-hydroxylation sites is 1. The zero-order valence-electron chi connectivity index (χ0n) is 16.2. The highest BCUT2D eigenvalue weighted by atomic mass is 16.2. The van der Waals surface area contributed by atoms with Crippen molar-refractivity contribution in [2.45, 2.75) is 45.8 Å². The van der Waals surface area contributed by atoms with Gasteiger partial charge in [0.25, 0.3) is 5.56 Å². The average Bonchev–Trinajstić information content (AvgIpc) is 2.71. The van der Waals surface area contributed by atoms with Crippen molar-refractivity contribution < 1.29 is 4.79 Å². The number of hydrogen-bond donors (Lipinski definition) is 1. The third-order valence-electron chi connectivity index (χ3n) is 4.92. The van der Waals surface area contributed by atoms with Gasteiger partial charge in [-0.1, -0.05) is 49.4 Å². The molecule has 0 aliphatic carbocycles. The molecular weight excluding hydrogens is 354 g/mol. The lowest BCUT2D eigenvalue weighted by Crippen LogP contribution is -2.44. The Morgan fingerprint density at radius 1 is 1.00 bits per heavy atom. The van der Waals surface area contributed by atoms with Crippen LogP contribution in [-0.4, -0.2) is 21.1 Å². The fourth-order valence-corrected chi connectivity index (χ4v) is 3.17. The highest BCUT2D eigenvalue weighted by molar-refractivity contribution is 5.81. The molecule has 0 fully saturated rings. The molecule has 3 rings (SSSR count). The Hall–Kier alpha value is -3.15. The van der Waals surface area contributed by atoms with E-state index in [-0.39, 0.29) is 30.6 Å². The van der Waals surface area contributed by atoms with Crippen LogP contribution >= 0.6 is 0 Å². The molecule has 146 valence electrons. The molecule has 0 radical (unpaired) electrons. The smallest absolute Gasteiger partial charge is 0.331 e. The summed E-state index contributed by atoms with van der Waals surface area (Å²) < 4.78 is 2.62. The fraction of sp³-hybridized carbons (Fsp3) is 0.318. The second-order valence-electron chi connectivity index (χ2n) is 6.96. The predicted molar refractivity (Wildman–Crippen MR) is 111 cm³/mol. The topological polar surface area (TPSA) is 73.1 Å². The normalized spacial score (nSPS) is 12.1. The van der Waals surface area contributed by atoms with Gasteiger partial charge >= 0.3 is 5.69 Å². The van der Waals surface area contributed by atoms with Gasteiger partial charge in [0, 0.05) is 12.6 Å². The van der Waals surface area contributed by atoms with Crippen molar-refractivity contribution in [3.8, 4) is 0 Å². The number of nitrogens with zero attached hydrogens (tertiary/aromatic N) is 2. The average molecular weight is 379 g/mol. The molecule has 1 heterocycles. The van der Waals surface area contributed by atoms with E-state index in [4.69, 9.17) is 0 Å². The lowest BCUT2D eigenvalue weighted by Gasteiger charge is -2.16. The Balaban J connectivity index is 2.01. The minimum Gasteiger partial charge on any atom is -0.352 e. The number of benzene rings is 2. The van der Waals surface area contributed by atoms with Crippen LogP contribution in [-0.2, 0) is 24.3 Å². The Kier molecular flexibility index (Phi) is 6.09. The Morgan fingerprint density at radius 2 is 1.68 bits per heavy atom. The molecule has 0 saturated heterocycles. The number of aryl methyl sites for hydroxylation is 1. The minimum absolute atomic E-state index is 0.0263. The second-order valence-corrected chi connectivity index (χ2v) is 6.96. The first kappa shape index (κ1) is 19.6. The largest absolute Gasteiger partial charge is 0.352 e. The lowest BCUT2D eigenvalue weighted by atomic mass is 10.1. The van der Waals surface area contributed by atoms with Gasteiger partial charge in [0.2, 0.25) is 5.91 Å². The van der Waals surface area contributed by atoms with E-state index < -0.39 is 5.69 Å². The van der Waals surface area contributed by atoms with E-state index in [1.54, 1.807) is 24.3 Å². The van der Waals surface area contributed by atoms with Crippen LogP contribution in [0.25, 0.3) is 10.9 Å². The summed E-state index contributed by atoms with van der Waals surface area (Å²) in [5.41, 5.74) is 0.741. The minimum atomic E-state index is -0.459. The van der Waals surface area contributed by atoms with Crippen molar-refractivity contribution in [3.63, 3.8) is 0 Å². The molecule has 0 aliphatic heterocycles. The second kappa shape index (κ2) is 8.69. The first-order valence-corrected chi connectivity index (χ1v) is 9.57. The van der Waals surface area contributed by atoms with Crippen LogP contribution in [0.5, 0.6) is 0 Å². The summed E-state index contributed by atoms with van der Waals surface area (Å²) in [4.78, 5) is 38.3. The van der Waals surface area contributed by atoms with Crippen molar-refractivity contribution in [3.05, 3.63) is 81.0 Å². The lowest BCUT2D eigenvalue weighted by molar-refractivity contribution is -0.122. The van der Waals surface area contributed by atoms with Crippen molar-refractivity contribution in [2.24, 2.45) is 0 Å². The summed E-state index contributed by atoms with van der Waals surface area (Å²) in [6, 6.07) is 16.7. The monoisotopic (exact) mass is 379 g/mol. The first-order chi connectivity index (χ1) is 13.5. The Labute approximate surface area is 163 Å². The fourth-order valence-electron chi connectivity index (χ4n) is 3.17. The Morgan fingerprint density at radius 3 is 2.39 bits per heavy atom. The summed E-state index contributed by atoms with van der Waals surface area (Å²) in [5, 5.41) is 3.31. The molecule has 6 heteroatoms. The molecule has 0 aliphatic rings. The molecule has 1 amide bonds. The molecule has 6 nitrogen and oxygen atoms in total. The maximum atomic E-state index is 13.1. The van der Waals surface area contributed by atoms with Crippen LogP contribution in [0.4, 0.5) is 0 Å². The summed E-state index contributed by atoms with van der Waals surface area (Å²) >= 11 is 0. The number of nitrogens with one attached hydrogen (secondary N) is 1. The molecule has 2 aromatic carbocycles. The molecule has 0 saturated carbocycles. The van der Waals surface area contributed by atoms with Crippen molar-refractivity contribution >= 4 is 16.8 Å². The summed E-state index contributed by atoms with van der Waals surface area (Å²) in [5.74, 6) is -0.241.